The van der Waals surface area contributed by atoms with Gasteiger partial charge in [0.15, 0.2) is 11.4 Å². The number of nitrogens with zero attached hydrogens (tertiary/aromatic N) is 1. The van der Waals surface area contributed by atoms with Gasteiger partial charge >= 0.3 is 0 Å². The number of allylic oxidation sites excluding steroid dienone is 1. The Kier molecular flexibility index (Phi) is 7.05. The third kappa shape index (κ3) is 4.34. The number of phenolic OH excluding ortho intramolecular Hbond substituents is 1. The molecule has 0 heterocycles. The number of carbonyl (C=O) groups is 3. The van der Waals surface area contributed by atoms with Crippen LogP contribution in [0.5, 0.6) is 5.75 Å². The minimum absolute atomic E-state index is 0.00571. The fraction of sp³-hybridized carbons (Fsp3) is 0.387. The number of Topliss-reactive ketones (excluding diaryl/α,β-unsaturated/α-hetero) is 2. The molecule has 2 aromatic rings. The molecule has 10 nitrogen and oxygen atoms in total. The van der Waals surface area contributed by atoms with Crippen molar-refractivity contribution in [2.24, 2.45) is 17.6 Å². The highest BCUT2D eigenvalue weighted by Crippen LogP contribution is 2.53. The first-order chi connectivity index (χ1) is 19.3. The summed E-state index contributed by atoms with van der Waals surface area (Å²) in [5.74, 6) is -6.64. The molecule has 0 bridgehead atoms. The van der Waals surface area contributed by atoms with E-state index in [4.69, 9.17) is 5.73 Å². The van der Waals surface area contributed by atoms with E-state index in [-0.39, 0.29) is 29.7 Å². The number of rotatable bonds is 6. The number of phenols is 1. The molecule has 5 rings (SSSR count). The van der Waals surface area contributed by atoms with Crippen molar-refractivity contribution in [1.29, 1.82) is 0 Å². The molecular weight excluding hydrogens is 526 g/mol. The first-order valence-corrected chi connectivity index (χ1v) is 13.6. The van der Waals surface area contributed by atoms with Crippen LogP contribution in [0.25, 0.3) is 11.1 Å². The molecule has 7 N–H and O–H groups in total. The Morgan fingerprint density at radius 2 is 1.76 bits per heavy atom. The van der Waals surface area contributed by atoms with Crippen LogP contribution >= 0.6 is 0 Å². The van der Waals surface area contributed by atoms with Crippen LogP contribution in [0.2, 0.25) is 0 Å². The zero-order chi connectivity index (χ0) is 30.0. The molecule has 0 saturated carbocycles. The molecule has 2 aromatic carbocycles. The number of aromatic hydroxyl groups is 1. The predicted octanol–water partition coefficient (Wildman–Crippen LogP) is 2.29. The predicted molar refractivity (Wildman–Crippen MR) is 151 cm³/mol. The van der Waals surface area contributed by atoms with Crippen molar-refractivity contribution >= 4 is 17.5 Å². The highest BCUT2D eigenvalue weighted by atomic mass is 16.3. The van der Waals surface area contributed by atoms with Crippen LogP contribution in [0.4, 0.5) is 0 Å². The molecule has 0 aliphatic heterocycles. The van der Waals surface area contributed by atoms with Crippen LogP contribution in [-0.2, 0) is 22.6 Å². The van der Waals surface area contributed by atoms with Crippen molar-refractivity contribution in [3.8, 4) is 16.9 Å². The maximum atomic E-state index is 13.9. The van der Waals surface area contributed by atoms with Gasteiger partial charge in [-0.2, -0.15) is 0 Å². The number of amides is 1. The molecule has 0 unspecified atom stereocenters. The van der Waals surface area contributed by atoms with Gasteiger partial charge in [-0.1, -0.05) is 44.2 Å². The Labute approximate surface area is 237 Å². The van der Waals surface area contributed by atoms with Gasteiger partial charge in [-0.25, -0.2) is 0 Å². The van der Waals surface area contributed by atoms with Gasteiger partial charge < -0.3 is 31.5 Å². The van der Waals surface area contributed by atoms with E-state index in [0.717, 1.165) is 16.7 Å². The zero-order valence-corrected chi connectivity index (χ0v) is 23.4. The summed E-state index contributed by atoms with van der Waals surface area (Å²) in [6.45, 7) is 4.84. The van der Waals surface area contributed by atoms with Gasteiger partial charge in [0, 0.05) is 24.1 Å². The second-order valence-corrected chi connectivity index (χ2v) is 11.7. The van der Waals surface area contributed by atoms with Crippen LogP contribution in [-0.4, -0.2) is 74.6 Å². The van der Waals surface area contributed by atoms with Crippen LogP contribution in [0.15, 0.2) is 59.1 Å². The summed E-state index contributed by atoms with van der Waals surface area (Å²) in [4.78, 5) is 41.0. The number of hydrogen-bond acceptors (Lipinski definition) is 9. The van der Waals surface area contributed by atoms with Crippen LogP contribution in [0.3, 0.4) is 0 Å². The van der Waals surface area contributed by atoms with Gasteiger partial charge in [-0.3, -0.25) is 19.3 Å². The zero-order valence-electron chi connectivity index (χ0n) is 23.4. The maximum absolute atomic E-state index is 13.9. The van der Waals surface area contributed by atoms with E-state index >= 15 is 0 Å². The van der Waals surface area contributed by atoms with E-state index in [9.17, 15) is 34.8 Å². The molecule has 3 aliphatic carbocycles. The number of likely N-dealkylation sites (N-methyl/N-ethyl adjacent to an activating group) is 1. The quantitative estimate of drug-likeness (QED) is 0.289. The lowest BCUT2D eigenvalue weighted by molar-refractivity contribution is -0.148. The summed E-state index contributed by atoms with van der Waals surface area (Å²) in [7, 11) is 3.20. The molecule has 10 heteroatoms. The van der Waals surface area contributed by atoms with E-state index in [1.165, 1.54) is 11.0 Å². The number of nitrogens with two attached hydrogens (primary N) is 1. The standard InChI is InChI=1S/C31H35N3O7/c1-14(2)33-13-15-5-7-16(8-6-15)18-9-10-21(35)23-19(18)11-17-12-20-25(34(3)4)27(37)24(30(32)40)29(39)31(20,41)28(38)22(17)26(23)36/h5-10,14,17,20,25,33,35,37-38,41H,11-13H2,1-4H3,(H2,32,40)/t17-,20-,25-,31-/m0/s1. The number of ketones is 2. The van der Waals surface area contributed by atoms with Crippen molar-refractivity contribution in [2.45, 2.75) is 50.9 Å². The van der Waals surface area contributed by atoms with Crippen molar-refractivity contribution in [1.82, 2.24) is 10.2 Å². The largest absolute Gasteiger partial charge is 0.510 e. The highest BCUT2D eigenvalue weighted by Gasteiger charge is 2.63. The SMILES string of the molecule is CC(C)NCc1ccc(-c2ccc(O)c3c2C[C@H]2C[C@H]4[C@H](N(C)C)C(O)=C(C(N)=O)C(=O)[C@@]4(O)C(O)=C2C3=O)cc1. The van der Waals surface area contributed by atoms with E-state index in [1.807, 2.05) is 24.3 Å². The molecule has 4 atom stereocenters. The second-order valence-electron chi connectivity index (χ2n) is 11.7. The normalized spacial score (nSPS) is 25.9. The van der Waals surface area contributed by atoms with E-state index < -0.39 is 58.0 Å². The number of nitrogens with one attached hydrogen (secondary N) is 1. The Morgan fingerprint density at radius 3 is 2.34 bits per heavy atom. The molecule has 0 radical (unpaired) electrons. The number of aliphatic hydroxyl groups excluding tert-OH is 2. The number of primary amides is 1. The van der Waals surface area contributed by atoms with Crippen molar-refractivity contribution in [3.63, 3.8) is 0 Å². The topological polar surface area (TPSA) is 173 Å². The second kappa shape index (κ2) is 10.1. The molecular formula is C31H35N3O7. The smallest absolute Gasteiger partial charge is 0.255 e. The summed E-state index contributed by atoms with van der Waals surface area (Å²) in [6.07, 6.45) is 0.273. The molecule has 216 valence electrons. The fourth-order valence-electron chi connectivity index (χ4n) is 6.65. The maximum Gasteiger partial charge on any atom is 0.255 e. The molecule has 3 aliphatic rings. The number of benzene rings is 2. The Hall–Kier alpha value is -3.99. The lowest BCUT2D eigenvalue weighted by atomic mass is 9.58. The van der Waals surface area contributed by atoms with Gasteiger partial charge in [0.25, 0.3) is 5.91 Å². The van der Waals surface area contributed by atoms with Crippen LogP contribution in [0, 0.1) is 11.8 Å². The van der Waals surface area contributed by atoms with E-state index in [2.05, 4.69) is 19.2 Å². The first kappa shape index (κ1) is 28.5. The van der Waals surface area contributed by atoms with Gasteiger partial charge in [0.05, 0.1) is 11.6 Å². The Balaban J connectivity index is 1.62. The van der Waals surface area contributed by atoms with Crippen molar-refractivity contribution in [2.75, 3.05) is 14.1 Å². The van der Waals surface area contributed by atoms with Gasteiger partial charge in [-0.15, -0.1) is 0 Å². The van der Waals surface area contributed by atoms with Gasteiger partial charge in [0.1, 0.15) is 22.8 Å². The lowest BCUT2D eigenvalue weighted by Gasteiger charge is -2.50. The van der Waals surface area contributed by atoms with E-state index in [0.29, 0.717) is 18.2 Å². The minimum Gasteiger partial charge on any atom is -0.510 e. The summed E-state index contributed by atoms with van der Waals surface area (Å²) >= 11 is 0. The highest BCUT2D eigenvalue weighted by molar-refractivity contribution is 6.24. The Bertz CT molecular complexity index is 1520. The molecule has 1 amide bonds. The van der Waals surface area contributed by atoms with Crippen LogP contribution < -0.4 is 11.1 Å². The summed E-state index contributed by atoms with van der Waals surface area (Å²) in [5, 5.41) is 48.2. The molecule has 0 spiro atoms. The summed E-state index contributed by atoms with van der Waals surface area (Å²) in [5.41, 5.74) is 5.00. The third-order valence-corrected chi connectivity index (χ3v) is 8.59. The molecule has 0 saturated heterocycles. The number of fused-ring (bicyclic) bond motifs is 3. The summed E-state index contributed by atoms with van der Waals surface area (Å²) < 4.78 is 0. The lowest BCUT2D eigenvalue weighted by Crippen LogP contribution is -2.63. The first-order valence-electron chi connectivity index (χ1n) is 13.6. The van der Waals surface area contributed by atoms with Gasteiger partial charge in [-0.05, 0) is 61.2 Å². The Morgan fingerprint density at radius 1 is 1.10 bits per heavy atom. The van der Waals surface area contributed by atoms with Crippen molar-refractivity contribution < 1.29 is 34.8 Å². The number of carbonyl (C=O) groups excluding carboxylic acids is 3. The molecule has 41 heavy (non-hydrogen) atoms. The van der Waals surface area contributed by atoms with E-state index in [1.54, 1.807) is 20.2 Å². The fourth-order valence-corrected chi connectivity index (χ4v) is 6.65. The average molecular weight is 562 g/mol. The molecule has 0 aromatic heterocycles. The monoisotopic (exact) mass is 561 g/mol. The van der Waals surface area contributed by atoms with Crippen LogP contribution in [0.1, 0.15) is 41.8 Å². The number of aliphatic hydroxyl groups is 3. The minimum atomic E-state index is -2.66. The number of hydrogen-bond donors (Lipinski definition) is 6. The molecule has 0 fully saturated rings. The summed E-state index contributed by atoms with van der Waals surface area (Å²) in [6, 6.07) is 10.4. The third-order valence-electron chi connectivity index (χ3n) is 8.59. The van der Waals surface area contributed by atoms with Crippen molar-refractivity contribution in [3.05, 3.63) is 75.8 Å². The van der Waals surface area contributed by atoms with Gasteiger partial charge in [0.2, 0.25) is 5.78 Å². The average Bonchev–Trinajstić information content (AvgIpc) is 2.89.